The fourth-order valence-electron chi connectivity index (χ4n) is 2.43. The first-order valence-electron chi connectivity index (χ1n) is 6.51. The minimum Gasteiger partial charge on any atom is -0.423 e. The van der Waals surface area contributed by atoms with Crippen molar-refractivity contribution in [1.29, 1.82) is 0 Å². The number of aromatic nitrogens is 2. The van der Waals surface area contributed by atoms with Crippen LogP contribution in [0.5, 0.6) is 0 Å². The highest BCUT2D eigenvalue weighted by atomic mass is 16.4. The Bertz CT molecular complexity index is 535. The molecule has 0 atom stereocenters. The van der Waals surface area contributed by atoms with Crippen LogP contribution >= 0.6 is 0 Å². The Morgan fingerprint density at radius 2 is 2.06 bits per heavy atom. The zero-order valence-electron chi connectivity index (χ0n) is 10.6. The molecule has 18 heavy (non-hydrogen) atoms. The molecular weight excluding hydrogens is 226 g/mol. The van der Waals surface area contributed by atoms with Crippen LogP contribution in [0.1, 0.15) is 30.7 Å². The Labute approximate surface area is 107 Å². The van der Waals surface area contributed by atoms with Crippen LogP contribution in [0.4, 0.5) is 5.69 Å². The quantitative estimate of drug-likeness (QED) is 0.831. The van der Waals surface area contributed by atoms with Crippen LogP contribution in [0.3, 0.4) is 0 Å². The standard InChI is InChI=1S/C14H17N3O/c1-2-13-15-16-14(18-13)10-17-9-5-7-11-6-3-4-8-12(11)17/h3-4,6,8H,2,5,7,9-10H2,1H3. The molecule has 1 aromatic carbocycles. The molecule has 0 radical (unpaired) electrons. The maximum absolute atomic E-state index is 5.59. The summed E-state index contributed by atoms with van der Waals surface area (Å²) in [7, 11) is 0. The number of para-hydroxylation sites is 1. The van der Waals surface area contributed by atoms with E-state index < -0.39 is 0 Å². The largest absolute Gasteiger partial charge is 0.423 e. The first-order valence-corrected chi connectivity index (χ1v) is 6.51. The zero-order chi connectivity index (χ0) is 12.4. The van der Waals surface area contributed by atoms with E-state index >= 15 is 0 Å². The van der Waals surface area contributed by atoms with Gasteiger partial charge in [-0.25, -0.2) is 0 Å². The van der Waals surface area contributed by atoms with Crippen molar-refractivity contribution >= 4 is 5.69 Å². The van der Waals surface area contributed by atoms with Gasteiger partial charge in [0.15, 0.2) is 0 Å². The molecule has 4 heteroatoms. The molecule has 1 aliphatic rings. The molecule has 0 fully saturated rings. The summed E-state index contributed by atoms with van der Waals surface area (Å²) in [5, 5.41) is 8.11. The second kappa shape index (κ2) is 4.80. The van der Waals surface area contributed by atoms with Crippen molar-refractivity contribution in [2.24, 2.45) is 0 Å². The number of nitrogens with zero attached hydrogens (tertiary/aromatic N) is 3. The van der Waals surface area contributed by atoms with Crippen LogP contribution in [0, 0.1) is 0 Å². The molecule has 0 bridgehead atoms. The maximum atomic E-state index is 5.59. The van der Waals surface area contributed by atoms with Crippen LogP contribution in [0.15, 0.2) is 28.7 Å². The molecule has 2 aromatic rings. The second-order valence-corrected chi connectivity index (χ2v) is 4.60. The summed E-state index contributed by atoms with van der Waals surface area (Å²) in [6, 6.07) is 8.56. The molecule has 1 aromatic heterocycles. The lowest BCUT2D eigenvalue weighted by molar-refractivity contribution is 0.447. The summed E-state index contributed by atoms with van der Waals surface area (Å²) in [5.74, 6) is 1.43. The highest BCUT2D eigenvalue weighted by Gasteiger charge is 2.18. The average Bonchev–Trinajstić information content (AvgIpc) is 2.87. The predicted molar refractivity (Wildman–Crippen MR) is 69.5 cm³/mol. The van der Waals surface area contributed by atoms with E-state index in [9.17, 15) is 0 Å². The number of hydrogen-bond acceptors (Lipinski definition) is 4. The van der Waals surface area contributed by atoms with Crippen molar-refractivity contribution in [3.05, 3.63) is 41.6 Å². The van der Waals surface area contributed by atoms with Gasteiger partial charge < -0.3 is 9.32 Å². The number of benzene rings is 1. The Morgan fingerprint density at radius 1 is 1.22 bits per heavy atom. The van der Waals surface area contributed by atoms with E-state index in [0.717, 1.165) is 25.3 Å². The SMILES string of the molecule is CCc1nnc(CN2CCCc3ccccc32)o1. The third kappa shape index (κ3) is 2.10. The molecule has 1 aliphatic heterocycles. The maximum Gasteiger partial charge on any atom is 0.235 e. The molecule has 0 N–H and O–H groups in total. The molecule has 0 aliphatic carbocycles. The van der Waals surface area contributed by atoms with Gasteiger partial charge in [0.05, 0.1) is 6.54 Å². The Hall–Kier alpha value is -1.84. The van der Waals surface area contributed by atoms with Gasteiger partial charge in [-0.2, -0.15) is 0 Å². The van der Waals surface area contributed by atoms with Crippen molar-refractivity contribution in [2.45, 2.75) is 32.7 Å². The third-order valence-corrected chi connectivity index (χ3v) is 3.34. The van der Waals surface area contributed by atoms with Crippen LogP contribution < -0.4 is 4.90 Å². The summed E-state index contributed by atoms with van der Waals surface area (Å²) in [6.45, 7) is 3.79. The van der Waals surface area contributed by atoms with Gasteiger partial charge >= 0.3 is 0 Å². The van der Waals surface area contributed by atoms with E-state index in [2.05, 4.69) is 39.4 Å². The van der Waals surface area contributed by atoms with Crippen molar-refractivity contribution in [1.82, 2.24) is 10.2 Å². The Balaban J connectivity index is 1.81. The van der Waals surface area contributed by atoms with Gasteiger partial charge in [-0.3, -0.25) is 0 Å². The summed E-state index contributed by atoms with van der Waals surface area (Å²) >= 11 is 0. The minimum atomic E-state index is 0.712. The highest BCUT2D eigenvalue weighted by Crippen LogP contribution is 2.27. The lowest BCUT2D eigenvalue weighted by Crippen LogP contribution is -2.28. The van der Waals surface area contributed by atoms with Gasteiger partial charge in [0, 0.05) is 18.7 Å². The van der Waals surface area contributed by atoms with Crippen molar-refractivity contribution in [3.63, 3.8) is 0 Å². The third-order valence-electron chi connectivity index (χ3n) is 3.34. The van der Waals surface area contributed by atoms with Crippen LogP contribution in [0.25, 0.3) is 0 Å². The van der Waals surface area contributed by atoms with Gasteiger partial charge in [0.1, 0.15) is 0 Å². The van der Waals surface area contributed by atoms with E-state index in [-0.39, 0.29) is 0 Å². The van der Waals surface area contributed by atoms with Crippen molar-refractivity contribution in [3.8, 4) is 0 Å². The monoisotopic (exact) mass is 243 g/mol. The topological polar surface area (TPSA) is 42.2 Å². The molecule has 0 unspecified atom stereocenters. The molecule has 2 heterocycles. The number of aryl methyl sites for hydroxylation is 2. The van der Waals surface area contributed by atoms with E-state index in [0.29, 0.717) is 12.4 Å². The summed E-state index contributed by atoms with van der Waals surface area (Å²) in [4.78, 5) is 2.33. The fourth-order valence-corrected chi connectivity index (χ4v) is 2.43. The van der Waals surface area contributed by atoms with Crippen LogP contribution in [0.2, 0.25) is 0 Å². The van der Waals surface area contributed by atoms with Crippen LogP contribution in [-0.4, -0.2) is 16.7 Å². The van der Waals surface area contributed by atoms with Gasteiger partial charge in [-0.1, -0.05) is 25.1 Å². The summed E-state index contributed by atoms with van der Waals surface area (Å²) in [6.07, 6.45) is 3.14. The first-order chi connectivity index (χ1) is 8.86. The smallest absolute Gasteiger partial charge is 0.235 e. The van der Waals surface area contributed by atoms with Gasteiger partial charge in [-0.05, 0) is 24.5 Å². The van der Waals surface area contributed by atoms with E-state index in [1.807, 2.05) is 6.92 Å². The van der Waals surface area contributed by atoms with E-state index in [1.165, 1.54) is 17.7 Å². The molecule has 0 saturated heterocycles. The molecule has 94 valence electrons. The number of fused-ring (bicyclic) bond motifs is 1. The zero-order valence-corrected chi connectivity index (χ0v) is 10.6. The molecule has 4 nitrogen and oxygen atoms in total. The number of anilines is 1. The molecule has 3 rings (SSSR count). The summed E-state index contributed by atoms with van der Waals surface area (Å²) < 4.78 is 5.59. The molecule has 0 amide bonds. The van der Waals surface area contributed by atoms with Gasteiger partial charge in [0.25, 0.3) is 0 Å². The Morgan fingerprint density at radius 3 is 2.89 bits per heavy atom. The fraction of sp³-hybridized carbons (Fsp3) is 0.429. The van der Waals surface area contributed by atoms with Gasteiger partial charge in [-0.15, -0.1) is 10.2 Å². The first kappa shape index (κ1) is 11.3. The lowest BCUT2D eigenvalue weighted by Gasteiger charge is -2.29. The minimum absolute atomic E-state index is 0.712. The lowest BCUT2D eigenvalue weighted by atomic mass is 10.0. The van der Waals surface area contributed by atoms with Gasteiger partial charge in [0.2, 0.25) is 11.8 Å². The normalized spacial score (nSPS) is 14.6. The average molecular weight is 243 g/mol. The van der Waals surface area contributed by atoms with Crippen molar-refractivity contribution < 1.29 is 4.42 Å². The molecular formula is C14H17N3O. The van der Waals surface area contributed by atoms with E-state index in [4.69, 9.17) is 4.42 Å². The summed E-state index contributed by atoms with van der Waals surface area (Å²) in [5.41, 5.74) is 2.72. The Kier molecular flexibility index (Phi) is 3.00. The number of hydrogen-bond donors (Lipinski definition) is 0. The molecule has 0 saturated carbocycles. The predicted octanol–water partition coefficient (Wildman–Crippen LogP) is 2.58. The number of rotatable bonds is 3. The van der Waals surface area contributed by atoms with Crippen molar-refractivity contribution in [2.75, 3.05) is 11.4 Å². The van der Waals surface area contributed by atoms with E-state index in [1.54, 1.807) is 0 Å². The second-order valence-electron chi connectivity index (χ2n) is 4.60. The molecule has 0 spiro atoms. The van der Waals surface area contributed by atoms with Crippen LogP contribution in [-0.2, 0) is 19.4 Å². The highest BCUT2D eigenvalue weighted by molar-refractivity contribution is 5.55.